The van der Waals surface area contributed by atoms with Crippen LogP contribution in [0.4, 0.5) is 23.4 Å². The molecule has 12 nitrogen and oxygen atoms in total. The van der Waals surface area contributed by atoms with Gasteiger partial charge in [-0.05, 0) is 32.6 Å². The Morgan fingerprint density at radius 2 is 1.89 bits per heavy atom. The Kier molecular flexibility index (Phi) is 6.52. The fourth-order valence-electron chi connectivity index (χ4n) is 5.50. The lowest BCUT2D eigenvalue weighted by Crippen LogP contribution is -2.59. The van der Waals surface area contributed by atoms with Crippen LogP contribution in [0, 0.1) is 18.3 Å². The molecule has 0 radical (unpaired) electrons. The van der Waals surface area contributed by atoms with Crippen LogP contribution in [-0.2, 0) is 10.0 Å². The van der Waals surface area contributed by atoms with Gasteiger partial charge in [0.15, 0.2) is 5.82 Å². The second-order valence-corrected chi connectivity index (χ2v) is 11.6. The number of rotatable bonds is 9. The van der Waals surface area contributed by atoms with Crippen molar-refractivity contribution in [2.45, 2.75) is 63.2 Å². The van der Waals surface area contributed by atoms with Gasteiger partial charge in [0.2, 0.25) is 16.0 Å². The van der Waals surface area contributed by atoms with Crippen molar-refractivity contribution >= 4 is 33.4 Å². The van der Waals surface area contributed by atoms with Gasteiger partial charge in [-0.25, -0.2) is 13.1 Å². The summed E-state index contributed by atoms with van der Waals surface area (Å²) < 4.78 is 25.7. The number of nitrogens with one attached hydrogen (secondary N) is 4. The van der Waals surface area contributed by atoms with Gasteiger partial charge in [-0.15, -0.1) is 0 Å². The van der Waals surface area contributed by atoms with Crippen molar-refractivity contribution in [2.24, 2.45) is 0 Å². The average Bonchev–Trinajstić information content (AvgIpc) is 3.26. The standard InChI is InChI=1S/C22H32N10O2S/c1-14-8-20(29-28-14)25-19-11-21(31-12-16(13-31)30-35(2,33)34)27-22(26-19)24-15-9-17-4-5-18(10-15)32(17)7-3-6-23/h8,11,15-18,30H,3-5,7,9-10,12-13H2,1-2H3,(H3,24,25,26,27,28,29)/t15-,17-,18+. The lowest BCUT2D eigenvalue weighted by molar-refractivity contribution is 0.135. The van der Waals surface area contributed by atoms with Gasteiger partial charge < -0.3 is 15.5 Å². The summed E-state index contributed by atoms with van der Waals surface area (Å²) in [6.45, 7) is 3.87. The van der Waals surface area contributed by atoms with Crippen molar-refractivity contribution in [3.05, 3.63) is 17.8 Å². The van der Waals surface area contributed by atoms with Gasteiger partial charge in [0.05, 0.1) is 18.4 Å². The Hall–Kier alpha value is -2.95. The summed E-state index contributed by atoms with van der Waals surface area (Å²) in [7, 11) is -3.25. The number of piperidine rings is 1. The molecule has 0 aliphatic carbocycles. The third-order valence-corrected chi connectivity index (χ3v) is 7.72. The van der Waals surface area contributed by atoms with Gasteiger partial charge in [0.25, 0.3) is 0 Å². The molecule has 2 aromatic rings. The van der Waals surface area contributed by atoms with E-state index < -0.39 is 10.0 Å². The lowest BCUT2D eigenvalue weighted by atomic mass is 9.97. The number of aromatic amines is 1. The van der Waals surface area contributed by atoms with E-state index in [2.05, 4.69) is 36.5 Å². The van der Waals surface area contributed by atoms with E-state index in [1.165, 1.54) is 19.1 Å². The fourth-order valence-corrected chi connectivity index (χ4v) is 6.25. The fraction of sp³-hybridized carbons (Fsp3) is 0.636. The Balaban J connectivity index is 1.31. The summed E-state index contributed by atoms with van der Waals surface area (Å²) in [5.74, 6) is 2.57. The van der Waals surface area contributed by atoms with E-state index in [-0.39, 0.29) is 12.1 Å². The second kappa shape index (κ2) is 9.60. The van der Waals surface area contributed by atoms with E-state index in [1.807, 2.05) is 24.0 Å². The van der Waals surface area contributed by atoms with E-state index >= 15 is 0 Å². The largest absolute Gasteiger partial charge is 0.353 e. The van der Waals surface area contributed by atoms with E-state index in [1.54, 1.807) is 0 Å². The number of H-pyrrole nitrogens is 1. The van der Waals surface area contributed by atoms with E-state index in [4.69, 9.17) is 15.2 Å². The second-order valence-electron chi connectivity index (χ2n) is 9.83. The van der Waals surface area contributed by atoms with Crippen LogP contribution in [0.15, 0.2) is 12.1 Å². The maximum atomic E-state index is 11.5. The van der Waals surface area contributed by atoms with Gasteiger partial charge in [-0.1, -0.05) is 0 Å². The van der Waals surface area contributed by atoms with E-state index in [0.717, 1.165) is 30.9 Å². The van der Waals surface area contributed by atoms with Crippen LogP contribution in [0.5, 0.6) is 0 Å². The first-order chi connectivity index (χ1) is 16.8. The van der Waals surface area contributed by atoms with Gasteiger partial charge in [0.1, 0.15) is 11.6 Å². The molecule has 0 spiro atoms. The van der Waals surface area contributed by atoms with Gasteiger partial charge in [-0.3, -0.25) is 10.00 Å². The molecule has 0 amide bonds. The monoisotopic (exact) mass is 500 g/mol. The zero-order chi connectivity index (χ0) is 24.6. The Morgan fingerprint density at radius 3 is 2.51 bits per heavy atom. The minimum Gasteiger partial charge on any atom is -0.353 e. The maximum absolute atomic E-state index is 11.5. The number of hydrogen-bond acceptors (Lipinski definition) is 10. The summed E-state index contributed by atoms with van der Waals surface area (Å²) in [5.41, 5.74) is 0.941. The molecule has 3 aliphatic heterocycles. The minimum atomic E-state index is -3.25. The number of aromatic nitrogens is 4. The molecule has 3 fully saturated rings. The highest BCUT2D eigenvalue weighted by atomic mass is 32.2. The molecule has 0 unspecified atom stereocenters. The van der Waals surface area contributed by atoms with E-state index in [0.29, 0.717) is 49.2 Å². The first kappa shape index (κ1) is 23.8. The van der Waals surface area contributed by atoms with Crippen LogP contribution >= 0.6 is 0 Å². The molecule has 5 rings (SSSR count). The highest BCUT2D eigenvalue weighted by Gasteiger charge is 2.40. The molecular formula is C22H32N10O2S. The van der Waals surface area contributed by atoms with Gasteiger partial charge in [-0.2, -0.15) is 20.3 Å². The molecule has 2 aromatic heterocycles. The maximum Gasteiger partial charge on any atom is 0.226 e. The predicted octanol–water partition coefficient (Wildman–Crippen LogP) is 1.31. The molecule has 2 bridgehead atoms. The highest BCUT2D eigenvalue weighted by Crippen LogP contribution is 2.37. The topological polar surface area (TPSA) is 155 Å². The molecule has 13 heteroatoms. The van der Waals surface area contributed by atoms with Crippen LogP contribution < -0.4 is 20.3 Å². The van der Waals surface area contributed by atoms with Crippen molar-refractivity contribution in [1.82, 2.24) is 29.8 Å². The third-order valence-electron chi connectivity index (χ3n) is 6.96. The average molecular weight is 501 g/mol. The number of nitrogens with zero attached hydrogens (tertiary/aromatic N) is 6. The molecular weight excluding hydrogens is 468 g/mol. The Bertz CT molecular complexity index is 1190. The predicted molar refractivity (Wildman–Crippen MR) is 133 cm³/mol. The molecule has 0 aromatic carbocycles. The first-order valence-corrected chi connectivity index (χ1v) is 13.9. The van der Waals surface area contributed by atoms with Crippen molar-refractivity contribution < 1.29 is 8.42 Å². The summed E-state index contributed by atoms with van der Waals surface area (Å²) in [6.07, 6.45) is 6.09. The molecule has 35 heavy (non-hydrogen) atoms. The van der Waals surface area contributed by atoms with Crippen molar-refractivity contribution in [3.63, 3.8) is 0 Å². The summed E-state index contributed by atoms with van der Waals surface area (Å²) in [4.78, 5) is 14.0. The smallest absolute Gasteiger partial charge is 0.226 e. The normalized spacial score (nSPS) is 24.7. The van der Waals surface area contributed by atoms with Gasteiger partial charge >= 0.3 is 0 Å². The van der Waals surface area contributed by atoms with Crippen LogP contribution in [-0.4, -0.2) is 83.5 Å². The SMILES string of the molecule is Cc1cc(Nc2cc(N3CC(NS(C)(=O)=O)C3)nc(N[C@@H]3C[C@H]4CC[C@@H](C3)N4CCC#N)n2)n[nH]1. The number of hydrogen-bond donors (Lipinski definition) is 4. The number of sulfonamides is 1. The molecule has 3 atom stereocenters. The molecule has 5 heterocycles. The van der Waals surface area contributed by atoms with Gasteiger partial charge in [0, 0.05) is 62.0 Å². The number of aryl methyl sites for hydroxylation is 1. The zero-order valence-electron chi connectivity index (χ0n) is 20.0. The summed E-state index contributed by atoms with van der Waals surface area (Å²) in [6, 6.07) is 7.15. The number of nitriles is 1. The van der Waals surface area contributed by atoms with Crippen LogP contribution in [0.3, 0.4) is 0 Å². The zero-order valence-corrected chi connectivity index (χ0v) is 20.8. The minimum absolute atomic E-state index is 0.130. The molecule has 0 saturated carbocycles. The van der Waals surface area contributed by atoms with Crippen LogP contribution in [0.1, 0.15) is 37.8 Å². The Morgan fingerprint density at radius 1 is 1.14 bits per heavy atom. The molecule has 188 valence electrons. The third kappa shape index (κ3) is 5.66. The number of fused-ring (bicyclic) bond motifs is 2. The van der Waals surface area contributed by atoms with Crippen molar-refractivity contribution in [1.29, 1.82) is 5.26 Å². The Labute approximate surface area is 205 Å². The molecule has 3 saturated heterocycles. The quantitative estimate of drug-likeness (QED) is 0.396. The lowest BCUT2D eigenvalue weighted by Gasteiger charge is -2.40. The van der Waals surface area contributed by atoms with Crippen molar-refractivity contribution in [2.75, 3.05) is 41.4 Å². The van der Waals surface area contributed by atoms with Crippen molar-refractivity contribution in [3.8, 4) is 6.07 Å². The van der Waals surface area contributed by atoms with Crippen LogP contribution in [0.2, 0.25) is 0 Å². The summed E-state index contributed by atoms with van der Waals surface area (Å²) in [5, 5.41) is 23.0. The highest BCUT2D eigenvalue weighted by molar-refractivity contribution is 7.88. The molecule has 3 aliphatic rings. The first-order valence-electron chi connectivity index (χ1n) is 12.1. The molecule has 4 N–H and O–H groups in total. The van der Waals surface area contributed by atoms with Crippen LogP contribution in [0.25, 0.3) is 0 Å². The van der Waals surface area contributed by atoms with E-state index in [9.17, 15) is 8.42 Å². The summed E-state index contributed by atoms with van der Waals surface area (Å²) >= 11 is 0. The number of anilines is 4.